The number of carbonyl (C=O) groups is 2. The summed E-state index contributed by atoms with van der Waals surface area (Å²) in [6, 6.07) is 9.92. The van der Waals surface area contributed by atoms with E-state index in [0.717, 1.165) is 36.6 Å². The predicted octanol–water partition coefficient (Wildman–Crippen LogP) is 6.41. The van der Waals surface area contributed by atoms with E-state index in [0.29, 0.717) is 25.4 Å². The van der Waals surface area contributed by atoms with Gasteiger partial charge in [0.1, 0.15) is 5.60 Å². The molecule has 0 N–H and O–H groups in total. The van der Waals surface area contributed by atoms with Gasteiger partial charge in [0.2, 0.25) is 0 Å². The Bertz CT molecular complexity index is 1640. The number of anilines is 1. The molecular weight excluding hydrogens is 587 g/mol. The molecule has 3 aliphatic rings. The quantitative estimate of drug-likeness (QED) is 0.301. The molecule has 1 saturated heterocycles. The maximum absolute atomic E-state index is 14.5. The SMILES string of the molecule is Cc1cnnn1CC1(c2cccc(N3Cc4c(cc(CN(C(=O)OC(C)(C)C)C5(C)CCC5)cc4C(F)(F)F)C3=O)c2)COC1. The van der Waals surface area contributed by atoms with E-state index >= 15 is 0 Å². The second kappa shape index (κ2) is 10.9. The van der Waals surface area contributed by atoms with E-state index in [1.54, 1.807) is 37.7 Å². The van der Waals surface area contributed by atoms with Crippen LogP contribution >= 0.6 is 0 Å². The lowest BCUT2D eigenvalue weighted by molar-refractivity contribution is -0.138. The summed E-state index contributed by atoms with van der Waals surface area (Å²) in [4.78, 5) is 30.0. The average molecular weight is 626 g/mol. The standard InChI is InChI=1S/C33H38F3N5O4/c1-21-15-37-38-41(21)18-32(19-44-20-32)23-8-6-9-24(14-23)39-17-26-25(28(39)42)12-22(13-27(26)33(34,35)36)16-40(31(5)10-7-11-31)29(43)45-30(2,3)4/h6,8-9,12-15H,7,10-11,16-20H2,1-5H3. The zero-order valence-electron chi connectivity index (χ0n) is 26.2. The Morgan fingerprint density at radius 3 is 2.42 bits per heavy atom. The maximum atomic E-state index is 14.5. The highest BCUT2D eigenvalue weighted by atomic mass is 19.4. The molecule has 0 spiro atoms. The first-order valence-corrected chi connectivity index (χ1v) is 15.2. The van der Waals surface area contributed by atoms with Crippen molar-refractivity contribution in [3.05, 3.63) is 76.1 Å². The maximum Gasteiger partial charge on any atom is 0.416 e. The lowest BCUT2D eigenvalue weighted by Gasteiger charge is -2.47. The van der Waals surface area contributed by atoms with E-state index in [-0.39, 0.29) is 29.8 Å². The van der Waals surface area contributed by atoms with Crippen LogP contribution in [0, 0.1) is 6.92 Å². The summed E-state index contributed by atoms with van der Waals surface area (Å²) >= 11 is 0. The first-order chi connectivity index (χ1) is 21.1. The van der Waals surface area contributed by atoms with Gasteiger partial charge in [-0.15, -0.1) is 5.10 Å². The Hall–Kier alpha value is -3.93. The van der Waals surface area contributed by atoms with Crippen LogP contribution in [-0.2, 0) is 40.7 Å². The first-order valence-electron chi connectivity index (χ1n) is 15.2. The molecule has 0 bridgehead atoms. The highest BCUT2D eigenvalue weighted by Crippen LogP contribution is 2.43. The molecule has 1 aliphatic carbocycles. The Balaban J connectivity index is 1.32. The zero-order chi connectivity index (χ0) is 32.4. The molecular formula is C33H38F3N5O4. The molecule has 2 aromatic carbocycles. The van der Waals surface area contributed by atoms with E-state index in [9.17, 15) is 22.8 Å². The van der Waals surface area contributed by atoms with Crippen molar-refractivity contribution in [2.75, 3.05) is 18.1 Å². The van der Waals surface area contributed by atoms with Crippen molar-refractivity contribution in [1.82, 2.24) is 19.9 Å². The number of nitrogens with zero attached hydrogens (tertiary/aromatic N) is 5. The topological polar surface area (TPSA) is 89.8 Å². The van der Waals surface area contributed by atoms with Gasteiger partial charge in [-0.1, -0.05) is 17.3 Å². The van der Waals surface area contributed by atoms with Gasteiger partial charge in [0.25, 0.3) is 5.91 Å². The van der Waals surface area contributed by atoms with Crippen molar-refractivity contribution in [1.29, 1.82) is 0 Å². The molecule has 0 radical (unpaired) electrons. The van der Waals surface area contributed by atoms with Gasteiger partial charge in [0.05, 0.1) is 49.2 Å². The van der Waals surface area contributed by atoms with Gasteiger partial charge in [-0.2, -0.15) is 13.2 Å². The lowest BCUT2D eigenvalue weighted by Crippen LogP contribution is -2.54. The van der Waals surface area contributed by atoms with Gasteiger partial charge in [-0.25, -0.2) is 9.48 Å². The molecule has 12 heteroatoms. The van der Waals surface area contributed by atoms with Crippen molar-refractivity contribution in [3.8, 4) is 0 Å². The van der Waals surface area contributed by atoms with Crippen LogP contribution < -0.4 is 4.90 Å². The smallest absolute Gasteiger partial charge is 0.416 e. The number of aromatic nitrogens is 3. The van der Waals surface area contributed by atoms with Gasteiger partial charge in [0.15, 0.2) is 0 Å². The molecule has 240 valence electrons. The van der Waals surface area contributed by atoms with Crippen LogP contribution in [0.1, 0.15) is 85.3 Å². The molecule has 0 atom stereocenters. The monoisotopic (exact) mass is 625 g/mol. The summed E-state index contributed by atoms with van der Waals surface area (Å²) in [5.74, 6) is -0.515. The summed E-state index contributed by atoms with van der Waals surface area (Å²) in [5, 5.41) is 8.14. The average Bonchev–Trinajstić information content (AvgIpc) is 3.48. The van der Waals surface area contributed by atoms with E-state index in [4.69, 9.17) is 9.47 Å². The Morgan fingerprint density at radius 1 is 1.13 bits per heavy atom. The summed E-state index contributed by atoms with van der Waals surface area (Å²) in [6.45, 7) is 10.2. The second-order valence-electron chi connectivity index (χ2n) is 13.8. The number of halogens is 3. The summed E-state index contributed by atoms with van der Waals surface area (Å²) in [5.41, 5.74) is -0.116. The summed E-state index contributed by atoms with van der Waals surface area (Å²) in [7, 11) is 0. The number of aryl methyl sites for hydroxylation is 1. The van der Waals surface area contributed by atoms with E-state index < -0.39 is 40.3 Å². The van der Waals surface area contributed by atoms with Gasteiger partial charge in [-0.3, -0.25) is 9.69 Å². The molecule has 2 amide bonds. The fraction of sp³-hybridized carbons (Fsp3) is 0.515. The lowest BCUT2D eigenvalue weighted by atomic mass is 9.77. The molecule has 1 saturated carbocycles. The van der Waals surface area contributed by atoms with Crippen LogP contribution in [0.3, 0.4) is 0 Å². The van der Waals surface area contributed by atoms with Crippen molar-refractivity contribution in [2.24, 2.45) is 0 Å². The zero-order valence-corrected chi connectivity index (χ0v) is 26.2. The third kappa shape index (κ3) is 5.80. The van der Waals surface area contributed by atoms with Crippen LogP contribution in [0.25, 0.3) is 0 Å². The van der Waals surface area contributed by atoms with E-state index in [1.165, 1.54) is 15.9 Å². The van der Waals surface area contributed by atoms with Crippen LogP contribution in [0.4, 0.5) is 23.7 Å². The highest BCUT2D eigenvalue weighted by molar-refractivity contribution is 6.10. The third-order valence-corrected chi connectivity index (χ3v) is 9.23. The molecule has 0 unspecified atom stereocenters. The summed E-state index contributed by atoms with van der Waals surface area (Å²) in [6.07, 6.45) is -1.26. The molecule has 2 fully saturated rings. The fourth-order valence-corrected chi connectivity index (χ4v) is 6.41. The van der Waals surface area contributed by atoms with Crippen molar-refractivity contribution < 1.29 is 32.2 Å². The second-order valence-corrected chi connectivity index (χ2v) is 13.8. The number of alkyl halides is 3. The van der Waals surface area contributed by atoms with Crippen LogP contribution in [0.2, 0.25) is 0 Å². The first kappa shape index (κ1) is 31.1. The number of fused-ring (bicyclic) bond motifs is 1. The predicted molar refractivity (Wildman–Crippen MR) is 160 cm³/mol. The van der Waals surface area contributed by atoms with Crippen molar-refractivity contribution in [3.63, 3.8) is 0 Å². The summed E-state index contributed by atoms with van der Waals surface area (Å²) < 4.78 is 56.6. The highest BCUT2D eigenvalue weighted by Gasteiger charge is 2.45. The number of benzene rings is 2. The van der Waals surface area contributed by atoms with Gasteiger partial charge < -0.3 is 14.4 Å². The number of hydrogen-bond acceptors (Lipinski definition) is 6. The number of carbonyl (C=O) groups excluding carboxylic acids is 2. The largest absolute Gasteiger partial charge is 0.444 e. The minimum absolute atomic E-state index is 0.00643. The fourth-order valence-electron chi connectivity index (χ4n) is 6.41. The Kier molecular flexibility index (Phi) is 7.49. The van der Waals surface area contributed by atoms with Gasteiger partial charge in [-0.05, 0) is 94.8 Å². The number of ether oxygens (including phenoxy) is 2. The van der Waals surface area contributed by atoms with Gasteiger partial charge >= 0.3 is 12.3 Å². The van der Waals surface area contributed by atoms with E-state index in [2.05, 4.69) is 10.3 Å². The molecule has 3 heterocycles. The minimum atomic E-state index is -4.70. The van der Waals surface area contributed by atoms with Crippen LogP contribution in [-0.4, -0.2) is 56.2 Å². The van der Waals surface area contributed by atoms with Crippen LogP contribution in [0.5, 0.6) is 0 Å². The molecule has 6 rings (SSSR count). The van der Waals surface area contributed by atoms with Gasteiger partial charge in [0, 0.05) is 23.3 Å². The van der Waals surface area contributed by atoms with Crippen molar-refractivity contribution in [2.45, 2.75) is 96.2 Å². The minimum Gasteiger partial charge on any atom is -0.444 e. The Morgan fingerprint density at radius 2 is 1.87 bits per heavy atom. The number of rotatable bonds is 7. The molecule has 3 aromatic rings. The molecule has 2 aliphatic heterocycles. The van der Waals surface area contributed by atoms with Crippen LogP contribution in [0.15, 0.2) is 42.6 Å². The van der Waals surface area contributed by atoms with E-state index in [1.807, 2.05) is 32.0 Å². The molecule has 45 heavy (non-hydrogen) atoms. The third-order valence-electron chi connectivity index (χ3n) is 9.23. The van der Waals surface area contributed by atoms with Crippen molar-refractivity contribution >= 4 is 17.7 Å². The molecule has 1 aromatic heterocycles. The Labute approximate surface area is 260 Å². The normalized spacial score (nSPS) is 18.7. The number of amides is 2. The molecule has 9 nitrogen and oxygen atoms in total. The number of hydrogen-bond donors (Lipinski definition) is 0.